The maximum absolute atomic E-state index is 10.3. The molecule has 4 nitrogen and oxygen atoms in total. The van der Waals surface area contributed by atoms with Crippen molar-refractivity contribution in [2.45, 2.75) is 74.4 Å². The van der Waals surface area contributed by atoms with Crippen LogP contribution in [-0.4, -0.2) is 35.5 Å². The highest BCUT2D eigenvalue weighted by molar-refractivity contribution is 6.42. The Morgan fingerprint density at radius 2 is 1.03 bits per heavy atom. The molecule has 0 heterocycles. The molecular weight excluding hydrogens is 514 g/mol. The average molecular weight is 548 g/mol. The molecule has 4 atom stereocenters. The van der Waals surface area contributed by atoms with Gasteiger partial charge < -0.3 is 21.7 Å². The number of nitrogens with two attached hydrogens (primary N) is 2. The Labute approximate surface area is 222 Å². The molecular formula is C26H34Cl4N2O2. The lowest BCUT2D eigenvalue weighted by atomic mass is 9.67. The quantitative estimate of drug-likeness (QED) is 0.364. The number of aliphatic hydroxyl groups is 2. The monoisotopic (exact) mass is 546 g/mol. The molecule has 2 aliphatic rings. The maximum Gasteiger partial charge on any atom is 0.0649 e. The zero-order chi connectivity index (χ0) is 24.9. The summed E-state index contributed by atoms with van der Waals surface area (Å²) in [5.74, 6) is 0. The van der Waals surface area contributed by atoms with E-state index >= 15 is 0 Å². The molecule has 2 fully saturated rings. The smallest absolute Gasteiger partial charge is 0.0649 e. The Morgan fingerprint density at radius 1 is 0.647 bits per heavy atom. The number of benzene rings is 2. The van der Waals surface area contributed by atoms with Crippen LogP contribution in [0.15, 0.2) is 36.4 Å². The minimum Gasteiger partial charge on any atom is -0.392 e. The van der Waals surface area contributed by atoms with Gasteiger partial charge in [0, 0.05) is 23.9 Å². The molecule has 0 spiro atoms. The number of hydrogen-bond acceptors (Lipinski definition) is 4. The average Bonchev–Trinajstić information content (AvgIpc) is 2.84. The molecule has 4 rings (SSSR count). The van der Waals surface area contributed by atoms with Gasteiger partial charge in [-0.2, -0.15) is 0 Å². The van der Waals surface area contributed by atoms with Crippen LogP contribution >= 0.6 is 46.4 Å². The molecule has 0 bridgehead atoms. The zero-order valence-electron chi connectivity index (χ0n) is 19.3. The van der Waals surface area contributed by atoms with Crippen LogP contribution in [0.25, 0.3) is 0 Å². The Balaban J connectivity index is 0.000000191. The summed E-state index contributed by atoms with van der Waals surface area (Å²) in [6.45, 7) is 0.873. The Morgan fingerprint density at radius 3 is 1.32 bits per heavy atom. The van der Waals surface area contributed by atoms with E-state index in [0.29, 0.717) is 33.2 Å². The molecule has 2 aromatic rings. The maximum atomic E-state index is 10.3. The third-order valence-electron chi connectivity index (χ3n) is 7.69. The topological polar surface area (TPSA) is 92.5 Å². The van der Waals surface area contributed by atoms with Gasteiger partial charge in [-0.1, -0.05) is 84.2 Å². The highest BCUT2D eigenvalue weighted by Crippen LogP contribution is 2.42. The molecule has 0 aromatic heterocycles. The minimum absolute atomic E-state index is 0.355. The molecule has 6 N–H and O–H groups in total. The van der Waals surface area contributed by atoms with E-state index in [0.717, 1.165) is 62.5 Å². The van der Waals surface area contributed by atoms with Gasteiger partial charge in [-0.3, -0.25) is 0 Å². The predicted molar refractivity (Wildman–Crippen MR) is 143 cm³/mol. The minimum atomic E-state index is -0.390. The van der Waals surface area contributed by atoms with Gasteiger partial charge in [-0.05, 0) is 61.1 Å². The van der Waals surface area contributed by atoms with Gasteiger partial charge in [0.15, 0.2) is 0 Å². The van der Waals surface area contributed by atoms with Crippen molar-refractivity contribution in [1.82, 2.24) is 0 Å². The first-order valence-corrected chi connectivity index (χ1v) is 13.4. The molecule has 2 aromatic carbocycles. The van der Waals surface area contributed by atoms with Crippen molar-refractivity contribution < 1.29 is 10.2 Å². The summed E-state index contributed by atoms with van der Waals surface area (Å²) in [6.07, 6.45) is 6.94. The summed E-state index contributed by atoms with van der Waals surface area (Å²) in [6, 6.07) is 11.1. The van der Waals surface area contributed by atoms with Crippen LogP contribution in [0.5, 0.6) is 0 Å². The van der Waals surface area contributed by atoms with Crippen molar-refractivity contribution >= 4 is 46.4 Å². The fourth-order valence-corrected chi connectivity index (χ4v) is 6.04. The van der Waals surface area contributed by atoms with Crippen LogP contribution in [0.1, 0.15) is 62.5 Å². The van der Waals surface area contributed by atoms with Crippen LogP contribution in [-0.2, 0) is 10.8 Å². The largest absolute Gasteiger partial charge is 0.392 e. The van der Waals surface area contributed by atoms with Crippen LogP contribution in [0.2, 0.25) is 20.1 Å². The third-order valence-corrected chi connectivity index (χ3v) is 9.17. The van der Waals surface area contributed by atoms with Gasteiger partial charge in [0.1, 0.15) is 0 Å². The van der Waals surface area contributed by atoms with Crippen molar-refractivity contribution in [1.29, 1.82) is 0 Å². The van der Waals surface area contributed by atoms with E-state index in [4.69, 9.17) is 57.9 Å². The molecule has 0 amide bonds. The molecule has 8 heteroatoms. The SMILES string of the molecule is NC[C@@]1(c2ccc(Cl)c(Cl)c2)CCCC[C@@H]1O.NC[C@]1(c2ccc(Cl)c(Cl)c2)CCCC[C@H]1O. The van der Waals surface area contributed by atoms with E-state index in [1.165, 1.54) is 0 Å². The first kappa shape index (κ1) is 28.0. The molecule has 0 saturated heterocycles. The predicted octanol–water partition coefficient (Wildman–Crippen LogP) is 6.25. The van der Waals surface area contributed by atoms with Crippen molar-refractivity contribution in [2.24, 2.45) is 11.5 Å². The van der Waals surface area contributed by atoms with Gasteiger partial charge in [-0.15, -0.1) is 0 Å². The van der Waals surface area contributed by atoms with E-state index in [1.54, 1.807) is 12.1 Å². The van der Waals surface area contributed by atoms with Gasteiger partial charge in [0.05, 0.1) is 32.3 Å². The van der Waals surface area contributed by atoms with E-state index in [-0.39, 0.29) is 10.8 Å². The first-order valence-electron chi connectivity index (χ1n) is 11.9. The molecule has 0 unspecified atom stereocenters. The summed E-state index contributed by atoms with van der Waals surface area (Å²) in [5.41, 5.74) is 13.1. The Kier molecular flexibility index (Phi) is 9.99. The van der Waals surface area contributed by atoms with Crippen molar-refractivity contribution in [3.63, 3.8) is 0 Å². The third kappa shape index (κ3) is 5.71. The molecule has 0 radical (unpaired) electrons. The molecule has 2 saturated carbocycles. The standard InChI is InChI=1S/2C13H17Cl2NO/c2*14-10-5-4-9(7-11(10)15)13(8-16)6-2-1-3-12(13)17/h2*4-5,7,12,17H,1-3,6,8,16H2/t2*12-,13+/m10/s1. The van der Waals surface area contributed by atoms with Crippen LogP contribution < -0.4 is 11.5 Å². The van der Waals surface area contributed by atoms with Crippen LogP contribution in [0.3, 0.4) is 0 Å². The second kappa shape index (κ2) is 12.1. The van der Waals surface area contributed by atoms with Crippen molar-refractivity contribution in [2.75, 3.05) is 13.1 Å². The van der Waals surface area contributed by atoms with Crippen molar-refractivity contribution in [3.8, 4) is 0 Å². The second-order valence-electron chi connectivity index (χ2n) is 9.50. The lowest BCUT2D eigenvalue weighted by molar-refractivity contribution is 0.0462. The first-order chi connectivity index (χ1) is 16.2. The summed E-state index contributed by atoms with van der Waals surface area (Å²) in [4.78, 5) is 0. The summed E-state index contributed by atoms with van der Waals surface area (Å²) in [5, 5.41) is 22.7. The van der Waals surface area contributed by atoms with Gasteiger partial charge >= 0.3 is 0 Å². The Bertz CT molecular complexity index is 898. The summed E-state index contributed by atoms with van der Waals surface area (Å²) >= 11 is 23.9. The van der Waals surface area contributed by atoms with Crippen LogP contribution in [0, 0.1) is 0 Å². The highest BCUT2D eigenvalue weighted by atomic mass is 35.5. The molecule has 34 heavy (non-hydrogen) atoms. The number of hydrogen-bond donors (Lipinski definition) is 4. The van der Waals surface area contributed by atoms with E-state index < -0.39 is 12.2 Å². The molecule has 0 aliphatic heterocycles. The van der Waals surface area contributed by atoms with Gasteiger partial charge in [-0.25, -0.2) is 0 Å². The van der Waals surface area contributed by atoms with E-state index in [1.807, 2.05) is 24.3 Å². The Hall–Kier alpha value is -0.560. The number of aliphatic hydroxyl groups excluding tert-OH is 2. The normalized spacial score (nSPS) is 29.3. The van der Waals surface area contributed by atoms with Gasteiger partial charge in [0.2, 0.25) is 0 Å². The number of rotatable bonds is 4. The van der Waals surface area contributed by atoms with Gasteiger partial charge in [0.25, 0.3) is 0 Å². The van der Waals surface area contributed by atoms with E-state index in [2.05, 4.69) is 0 Å². The molecule has 188 valence electrons. The number of halogens is 4. The van der Waals surface area contributed by atoms with Crippen molar-refractivity contribution in [3.05, 3.63) is 67.6 Å². The second-order valence-corrected chi connectivity index (χ2v) is 11.1. The van der Waals surface area contributed by atoms with E-state index in [9.17, 15) is 10.2 Å². The lowest BCUT2D eigenvalue weighted by Crippen LogP contribution is -2.48. The lowest BCUT2D eigenvalue weighted by Gasteiger charge is -2.41. The zero-order valence-corrected chi connectivity index (χ0v) is 22.3. The fraction of sp³-hybridized carbons (Fsp3) is 0.538. The molecule has 2 aliphatic carbocycles. The van der Waals surface area contributed by atoms with Crippen LogP contribution in [0.4, 0.5) is 0 Å². The summed E-state index contributed by atoms with van der Waals surface area (Å²) in [7, 11) is 0. The fourth-order valence-electron chi connectivity index (χ4n) is 5.44. The highest BCUT2D eigenvalue weighted by Gasteiger charge is 2.41. The summed E-state index contributed by atoms with van der Waals surface area (Å²) < 4.78 is 0.